The number of thioether (sulfide) groups is 1. The fourth-order valence-corrected chi connectivity index (χ4v) is 6.30. The second kappa shape index (κ2) is 10.1. The molecule has 1 aromatic carbocycles. The zero-order valence-corrected chi connectivity index (χ0v) is 20.4. The molecule has 3 aromatic rings. The molecule has 1 atom stereocenters. The zero-order chi connectivity index (χ0) is 22.7. The largest absolute Gasteiger partial charge is 0.495 e. The van der Waals surface area contributed by atoms with Gasteiger partial charge in [-0.25, -0.2) is 4.98 Å². The van der Waals surface area contributed by atoms with Crippen LogP contribution in [0.3, 0.4) is 0 Å². The van der Waals surface area contributed by atoms with Gasteiger partial charge >= 0.3 is 0 Å². The fraction of sp³-hybridized carbons (Fsp3) is 0.458. The lowest BCUT2D eigenvalue weighted by Gasteiger charge is -2.16. The van der Waals surface area contributed by atoms with Gasteiger partial charge in [0.1, 0.15) is 10.6 Å². The third kappa shape index (κ3) is 4.57. The minimum absolute atomic E-state index is 0.0466. The molecule has 2 aromatic heterocycles. The number of hydrogen-bond acceptors (Lipinski definition) is 6. The van der Waals surface area contributed by atoms with Crippen LogP contribution in [0.2, 0.25) is 0 Å². The van der Waals surface area contributed by atoms with E-state index in [1.807, 2.05) is 31.2 Å². The van der Waals surface area contributed by atoms with Gasteiger partial charge in [0.05, 0.1) is 23.4 Å². The molecule has 1 aliphatic rings. The Balaban J connectivity index is 1.62. The number of methoxy groups -OCH3 is 1. The van der Waals surface area contributed by atoms with Crippen molar-refractivity contribution in [2.75, 3.05) is 12.4 Å². The second-order valence-corrected chi connectivity index (χ2v) is 10.4. The predicted octanol–water partition coefficient (Wildman–Crippen LogP) is 5.26. The highest BCUT2D eigenvalue weighted by molar-refractivity contribution is 8.00. The molecule has 2 heterocycles. The van der Waals surface area contributed by atoms with Crippen LogP contribution in [0, 0.1) is 0 Å². The van der Waals surface area contributed by atoms with E-state index in [-0.39, 0.29) is 11.5 Å². The number of fused-ring (bicyclic) bond motifs is 3. The Morgan fingerprint density at radius 1 is 1.31 bits per heavy atom. The zero-order valence-electron chi connectivity index (χ0n) is 18.8. The molecular weight excluding hydrogens is 442 g/mol. The number of amides is 1. The maximum Gasteiger partial charge on any atom is 0.263 e. The molecular formula is C24H29N3O3S2. The van der Waals surface area contributed by atoms with Gasteiger partial charge in [0, 0.05) is 11.4 Å². The fourth-order valence-electron chi connectivity index (χ4n) is 4.06. The van der Waals surface area contributed by atoms with Crippen LogP contribution in [0.1, 0.15) is 50.0 Å². The molecule has 0 radical (unpaired) electrons. The molecule has 1 N–H and O–H groups in total. The van der Waals surface area contributed by atoms with Gasteiger partial charge in [0.2, 0.25) is 5.91 Å². The topological polar surface area (TPSA) is 73.2 Å². The summed E-state index contributed by atoms with van der Waals surface area (Å²) in [6.07, 6.45) is 6.17. The number of rotatable bonds is 9. The van der Waals surface area contributed by atoms with Gasteiger partial charge in [-0.3, -0.25) is 14.2 Å². The Bertz CT molecular complexity index is 1190. The second-order valence-electron chi connectivity index (χ2n) is 8.05. The van der Waals surface area contributed by atoms with Crippen LogP contribution in [-0.4, -0.2) is 27.8 Å². The number of ether oxygens (including phenoxy) is 1. The average molecular weight is 472 g/mol. The van der Waals surface area contributed by atoms with Gasteiger partial charge in [-0.1, -0.05) is 43.7 Å². The van der Waals surface area contributed by atoms with E-state index in [0.29, 0.717) is 23.1 Å². The number of hydrogen-bond donors (Lipinski definition) is 1. The SMILES string of the molecule is CCCCCn1c(SC(C)C(=O)Nc2ccccc2OC)nc2sc3c(c2c1=O)CCC3. The molecule has 0 bridgehead atoms. The van der Waals surface area contributed by atoms with Crippen LogP contribution in [0.4, 0.5) is 5.69 Å². The van der Waals surface area contributed by atoms with Crippen molar-refractivity contribution in [3.05, 3.63) is 45.1 Å². The quantitative estimate of drug-likeness (QED) is 0.262. The molecule has 8 heteroatoms. The summed E-state index contributed by atoms with van der Waals surface area (Å²) in [5, 5.41) is 3.94. The maximum absolute atomic E-state index is 13.5. The molecule has 0 saturated heterocycles. The number of anilines is 1. The van der Waals surface area contributed by atoms with Crippen LogP contribution in [0.15, 0.2) is 34.2 Å². The number of benzene rings is 1. The van der Waals surface area contributed by atoms with E-state index in [1.165, 1.54) is 22.2 Å². The molecule has 1 amide bonds. The molecule has 0 aliphatic heterocycles. The summed E-state index contributed by atoms with van der Waals surface area (Å²) in [6.45, 7) is 4.62. The van der Waals surface area contributed by atoms with Gasteiger partial charge in [0.25, 0.3) is 5.56 Å². The molecule has 170 valence electrons. The van der Waals surface area contributed by atoms with E-state index >= 15 is 0 Å². The Hall–Kier alpha value is -2.32. The van der Waals surface area contributed by atoms with E-state index in [4.69, 9.17) is 9.72 Å². The third-order valence-electron chi connectivity index (χ3n) is 5.79. The normalized spacial score (nSPS) is 13.8. The molecule has 1 unspecified atom stereocenters. The number of nitrogens with zero attached hydrogens (tertiary/aromatic N) is 2. The van der Waals surface area contributed by atoms with E-state index < -0.39 is 5.25 Å². The van der Waals surface area contributed by atoms with Crippen molar-refractivity contribution in [2.24, 2.45) is 0 Å². The number of aryl methyl sites for hydroxylation is 2. The summed E-state index contributed by atoms with van der Waals surface area (Å²) in [5.41, 5.74) is 1.88. The Morgan fingerprint density at radius 2 is 2.12 bits per heavy atom. The third-order valence-corrected chi connectivity index (χ3v) is 8.07. The summed E-state index contributed by atoms with van der Waals surface area (Å²) >= 11 is 2.98. The Kier molecular flexibility index (Phi) is 7.20. The molecule has 0 spiro atoms. The van der Waals surface area contributed by atoms with Crippen LogP contribution in [-0.2, 0) is 24.2 Å². The maximum atomic E-state index is 13.5. The lowest BCUT2D eigenvalue weighted by molar-refractivity contribution is -0.115. The van der Waals surface area contributed by atoms with Crippen LogP contribution >= 0.6 is 23.1 Å². The van der Waals surface area contributed by atoms with Crippen molar-refractivity contribution in [1.29, 1.82) is 0 Å². The minimum Gasteiger partial charge on any atom is -0.495 e. The number of para-hydroxylation sites is 2. The van der Waals surface area contributed by atoms with E-state index in [9.17, 15) is 9.59 Å². The van der Waals surface area contributed by atoms with Crippen LogP contribution < -0.4 is 15.6 Å². The first-order chi connectivity index (χ1) is 15.5. The highest BCUT2D eigenvalue weighted by Crippen LogP contribution is 2.36. The standard InChI is InChI=1S/C24H29N3O3S2/c1-4-5-8-14-27-23(29)20-16-10-9-13-19(16)32-22(20)26-24(27)31-15(2)21(28)25-17-11-6-7-12-18(17)30-3/h6-7,11-12,15H,4-5,8-10,13-14H2,1-3H3,(H,25,28). The summed E-state index contributed by atoms with van der Waals surface area (Å²) in [5.74, 6) is 0.463. The highest BCUT2D eigenvalue weighted by atomic mass is 32.2. The summed E-state index contributed by atoms with van der Waals surface area (Å²) in [6, 6.07) is 7.34. The number of carbonyl (C=O) groups is 1. The molecule has 0 fully saturated rings. The monoisotopic (exact) mass is 471 g/mol. The highest BCUT2D eigenvalue weighted by Gasteiger charge is 2.25. The number of thiophene rings is 1. The van der Waals surface area contributed by atoms with Crippen molar-refractivity contribution >= 4 is 44.9 Å². The lowest BCUT2D eigenvalue weighted by atomic mass is 10.2. The molecule has 0 saturated carbocycles. The van der Waals surface area contributed by atoms with E-state index in [0.717, 1.165) is 48.7 Å². The molecule has 1 aliphatic carbocycles. The van der Waals surface area contributed by atoms with Crippen molar-refractivity contribution < 1.29 is 9.53 Å². The van der Waals surface area contributed by atoms with E-state index in [2.05, 4.69) is 12.2 Å². The van der Waals surface area contributed by atoms with Gasteiger partial charge in [-0.15, -0.1) is 11.3 Å². The van der Waals surface area contributed by atoms with Gasteiger partial charge < -0.3 is 10.1 Å². The minimum atomic E-state index is -0.423. The smallest absolute Gasteiger partial charge is 0.263 e. The van der Waals surface area contributed by atoms with Crippen molar-refractivity contribution in [1.82, 2.24) is 9.55 Å². The summed E-state index contributed by atoms with van der Waals surface area (Å²) < 4.78 is 7.13. The van der Waals surface area contributed by atoms with Crippen LogP contribution in [0.25, 0.3) is 10.2 Å². The first-order valence-electron chi connectivity index (χ1n) is 11.2. The number of carbonyl (C=O) groups excluding carboxylic acids is 1. The first kappa shape index (κ1) is 22.9. The van der Waals surface area contributed by atoms with Gasteiger partial charge in [-0.05, 0) is 50.3 Å². The summed E-state index contributed by atoms with van der Waals surface area (Å²) in [7, 11) is 1.58. The number of aromatic nitrogens is 2. The van der Waals surface area contributed by atoms with Crippen molar-refractivity contribution in [2.45, 2.75) is 69.3 Å². The molecule has 32 heavy (non-hydrogen) atoms. The van der Waals surface area contributed by atoms with Crippen LogP contribution in [0.5, 0.6) is 5.75 Å². The van der Waals surface area contributed by atoms with Crippen molar-refractivity contribution in [3.8, 4) is 5.75 Å². The molecule has 6 nitrogen and oxygen atoms in total. The van der Waals surface area contributed by atoms with Gasteiger partial charge in [0.15, 0.2) is 5.16 Å². The first-order valence-corrected chi connectivity index (χ1v) is 12.9. The lowest BCUT2D eigenvalue weighted by Crippen LogP contribution is -2.27. The van der Waals surface area contributed by atoms with Crippen molar-refractivity contribution in [3.63, 3.8) is 0 Å². The van der Waals surface area contributed by atoms with Gasteiger partial charge in [-0.2, -0.15) is 0 Å². The Labute approximate surface area is 196 Å². The van der Waals surface area contributed by atoms with E-state index in [1.54, 1.807) is 23.0 Å². The summed E-state index contributed by atoms with van der Waals surface area (Å²) in [4.78, 5) is 33.4. The Morgan fingerprint density at radius 3 is 2.91 bits per heavy atom. The molecule has 4 rings (SSSR count). The predicted molar refractivity (Wildman–Crippen MR) is 132 cm³/mol. The number of unbranched alkanes of at least 4 members (excludes halogenated alkanes) is 2. The number of nitrogens with one attached hydrogen (secondary N) is 1. The average Bonchev–Trinajstić information content (AvgIpc) is 3.37.